The van der Waals surface area contributed by atoms with Gasteiger partial charge in [-0.2, -0.15) is 13.8 Å². The lowest BCUT2D eigenvalue weighted by Gasteiger charge is -2.22. The van der Waals surface area contributed by atoms with E-state index >= 15 is 0 Å². The minimum absolute atomic E-state index is 0.0536. The van der Waals surface area contributed by atoms with Crippen molar-refractivity contribution in [3.63, 3.8) is 0 Å². The number of imide groups is 1. The molecule has 2 aromatic rings. The van der Waals surface area contributed by atoms with Gasteiger partial charge in [0.1, 0.15) is 11.3 Å². The lowest BCUT2D eigenvalue weighted by molar-refractivity contribution is -0.132. The Morgan fingerprint density at radius 1 is 1.15 bits per heavy atom. The van der Waals surface area contributed by atoms with Gasteiger partial charge in [0.25, 0.3) is 11.8 Å². The van der Waals surface area contributed by atoms with E-state index in [2.05, 4.69) is 15.5 Å². The first kappa shape index (κ1) is 18.3. The number of carbonyl (C=O) groups excluding carboxylic acids is 3. The summed E-state index contributed by atoms with van der Waals surface area (Å²) in [5, 5.41) is 3.11. The highest BCUT2D eigenvalue weighted by Gasteiger charge is 2.50. The molecule has 1 atom stereocenters. The van der Waals surface area contributed by atoms with E-state index in [-0.39, 0.29) is 11.3 Å². The van der Waals surface area contributed by atoms with E-state index in [0.29, 0.717) is 10.6 Å². The number of carbonyl (C=O) groups is 3. The van der Waals surface area contributed by atoms with Crippen molar-refractivity contribution in [3.8, 4) is 5.75 Å². The molecule has 0 aromatic heterocycles. The van der Waals surface area contributed by atoms with Gasteiger partial charge >= 0.3 is 12.6 Å². The van der Waals surface area contributed by atoms with E-state index in [9.17, 15) is 23.2 Å². The number of hydrazine groups is 1. The summed E-state index contributed by atoms with van der Waals surface area (Å²) in [4.78, 5) is 37.3. The van der Waals surface area contributed by atoms with Crippen LogP contribution in [-0.2, 0) is 10.3 Å². The van der Waals surface area contributed by atoms with Crippen molar-refractivity contribution in [2.45, 2.75) is 19.1 Å². The van der Waals surface area contributed by atoms with Gasteiger partial charge in [-0.05, 0) is 30.7 Å². The van der Waals surface area contributed by atoms with Gasteiger partial charge in [0.15, 0.2) is 0 Å². The molecule has 1 aliphatic heterocycles. The first-order valence-electron chi connectivity index (χ1n) is 7.89. The monoisotopic (exact) mass is 375 g/mol. The molecular formula is C18H15F2N3O4. The van der Waals surface area contributed by atoms with Gasteiger partial charge in [-0.25, -0.2) is 4.79 Å². The number of hydrogen-bond acceptors (Lipinski definition) is 4. The Kier molecular flexibility index (Phi) is 4.76. The normalized spacial score (nSPS) is 19.2. The van der Waals surface area contributed by atoms with Gasteiger partial charge in [0.2, 0.25) is 0 Å². The fourth-order valence-corrected chi connectivity index (χ4v) is 2.69. The molecule has 0 spiro atoms. The minimum atomic E-state index is -3.04. The molecule has 1 saturated heterocycles. The zero-order chi connectivity index (χ0) is 19.6. The van der Waals surface area contributed by atoms with Crippen LogP contribution in [0.5, 0.6) is 5.75 Å². The number of rotatable bonds is 5. The fraction of sp³-hybridized carbons (Fsp3) is 0.167. The summed E-state index contributed by atoms with van der Waals surface area (Å²) in [6.07, 6.45) is 0. The molecule has 0 bridgehead atoms. The van der Waals surface area contributed by atoms with Crippen LogP contribution in [0.15, 0.2) is 54.6 Å². The second-order valence-corrected chi connectivity index (χ2v) is 5.91. The van der Waals surface area contributed by atoms with Gasteiger partial charge < -0.3 is 10.1 Å². The van der Waals surface area contributed by atoms with Crippen molar-refractivity contribution in [2.75, 3.05) is 0 Å². The van der Waals surface area contributed by atoms with Gasteiger partial charge in [-0.15, -0.1) is 0 Å². The van der Waals surface area contributed by atoms with Crippen LogP contribution in [0.2, 0.25) is 0 Å². The van der Waals surface area contributed by atoms with Crippen molar-refractivity contribution >= 4 is 17.8 Å². The number of amides is 4. The van der Waals surface area contributed by atoms with Crippen LogP contribution in [0.3, 0.4) is 0 Å². The third kappa shape index (κ3) is 3.57. The number of hydrogen-bond donors (Lipinski definition) is 2. The quantitative estimate of drug-likeness (QED) is 0.786. The fourth-order valence-electron chi connectivity index (χ4n) is 2.69. The van der Waals surface area contributed by atoms with E-state index in [4.69, 9.17) is 0 Å². The standard InChI is InChI=1S/C18H15F2N3O4/c1-18(12-7-3-2-4-8-12)15(25)23(17(26)21-18)22-14(24)11-6-5-9-13(10-11)27-16(19)20/h2-10,16H,1H3,(H,21,26)(H,22,24)/t18-/m0/s1. The second-order valence-electron chi connectivity index (χ2n) is 5.91. The number of ether oxygens (including phenoxy) is 1. The van der Waals surface area contributed by atoms with Crippen LogP contribution in [-0.4, -0.2) is 29.5 Å². The molecule has 2 aromatic carbocycles. The number of nitrogens with zero attached hydrogens (tertiary/aromatic N) is 1. The molecule has 0 aliphatic carbocycles. The number of alkyl halides is 2. The maximum Gasteiger partial charge on any atom is 0.387 e. The van der Waals surface area contributed by atoms with Gasteiger partial charge in [-0.3, -0.25) is 15.0 Å². The third-order valence-corrected chi connectivity index (χ3v) is 4.08. The highest BCUT2D eigenvalue weighted by Crippen LogP contribution is 2.27. The van der Waals surface area contributed by atoms with Crippen LogP contribution < -0.4 is 15.5 Å². The van der Waals surface area contributed by atoms with Crippen molar-refractivity contribution < 1.29 is 27.9 Å². The maximum absolute atomic E-state index is 12.7. The molecule has 9 heteroatoms. The first-order valence-corrected chi connectivity index (χ1v) is 7.89. The van der Waals surface area contributed by atoms with E-state index in [0.717, 1.165) is 6.07 Å². The Bertz CT molecular complexity index is 891. The summed E-state index contributed by atoms with van der Waals surface area (Å²) in [6, 6.07) is 12.8. The van der Waals surface area contributed by atoms with Crippen LogP contribution in [0.1, 0.15) is 22.8 Å². The highest BCUT2D eigenvalue weighted by atomic mass is 19.3. The van der Waals surface area contributed by atoms with E-state index < -0.39 is 30.0 Å². The van der Waals surface area contributed by atoms with Crippen molar-refractivity contribution in [2.24, 2.45) is 0 Å². The molecule has 3 rings (SSSR count). The molecule has 1 aliphatic rings. The van der Waals surface area contributed by atoms with Crippen LogP contribution >= 0.6 is 0 Å². The molecule has 140 valence electrons. The largest absolute Gasteiger partial charge is 0.435 e. The molecule has 4 amide bonds. The lowest BCUT2D eigenvalue weighted by Crippen LogP contribution is -2.47. The Morgan fingerprint density at radius 3 is 2.52 bits per heavy atom. The zero-order valence-electron chi connectivity index (χ0n) is 14.1. The summed E-state index contributed by atoms with van der Waals surface area (Å²) in [7, 11) is 0. The summed E-state index contributed by atoms with van der Waals surface area (Å²) in [5.74, 6) is -1.72. The molecule has 1 fully saturated rings. The number of halogens is 2. The first-order chi connectivity index (χ1) is 12.8. The van der Waals surface area contributed by atoms with E-state index in [1.54, 1.807) is 30.3 Å². The summed E-state index contributed by atoms with van der Waals surface area (Å²) in [5.41, 5.74) is 1.34. The molecule has 0 unspecified atom stereocenters. The van der Waals surface area contributed by atoms with Crippen molar-refractivity contribution in [1.29, 1.82) is 0 Å². The molecule has 27 heavy (non-hydrogen) atoms. The minimum Gasteiger partial charge on any atom is -0.435 e. The number of urea groups is 1. The smallest absolute Gasteiger partial charge is 0.387 e. The molecule has 1 heterocycles. The molecule has 0 saturated carbocycles. The average molecular weight is 375 g/mol. The third-order valence-electron chi connectivity index (χ3n) is 4.08. The van der Waals surface area contributed by atoms with Crippen molar-refractivity contribution in [1.82, 2.24) is 15.8 Å². The second kappa shape index (κ2) is 7.02. The predicted molar refractivity (Wildman–Crippen MR) is 89.7 cm³/mol. The Labute approximate surface area is 152 Å². The van der Waals surface area contributed by atoms with Crippen molar-refractivity contribution in [3.05, 3.63) is 65.7 Å². The van der Waals surface area contributed by atoms with Gasteiger partial charge in [0, 0.05) is 5.56 Å². The summed E-state index contributed by atoms with van der Waals surface area (Å²) in [6.45, 7) is -1.52. The topological polar surface area (TPSA) is 87.7 Å². The number of nitrogens with one attached hydrogen (secondary N) is 2. The number of benzene rings is 2. The van der Waals surface area contributed by atoms with E-state index in [1.807, 2.05) is 0 Å². The van der Waals surface area contributed by atoms with E-state index in [1.165, 1.54) is 25.1 Å². The Hall–Kier alpha value is -3.49. The highest BCUT2D eigenvalue weighted by molar-refractivity contribution is 6.09. The lowest BCUT2D eigenvalue weighted by atomic mass is 9.92. The molecule has 7 nitrogen and oxygen atoms in total. The van der Waals surface area contributed by atoms with Crippen LogP contribution in [0.4, 0.5) is 13.6 Å². The summed E-state index contributed by atoms with van der Waals surface area (Å²) >= 11 is 0. The predicted octanol–water partition coefficient (Wildman–Crippen LogP) is 2.40. The average Bonchev–Trinajstić information content (AvgIpc) is 2.86. The van der Waals surface area contributed by atoms with Gasteiger partial charge in [-0.1, -0.05) is 36.4 Å². The molecule has 2 N–H and O–H groups in total. The summed E-state index contributed by atoms with van der Waals surface area (Å²) < 4.78 is 28.8. The molecular weight excluding hydrogens is 360 g/mol. The SMILES string of the molecule is C[C@@]1(c2ccccc2)NC(=O)N(NC(=O)c2cccc(OC(F)F)c2)C1=O. The van der Waals surface area contributed by atoms with Crippen LogP contribution in [0, 0.1) is 0 Å². The van der Waals surface area contributed by atoms with Gasteiger partial charge in [0.05, 0.1) is 0 Å². The molecule has 0 radical (unpaired) electrons. The zero-order valence-corrected chi connectivity index (χ0v) is 14.1. The Morgan fingerprint density at radius 2 is 1.85 bits per heavy atom. The maximum atomic E-state index is 12.7. The van der Waals surface area contributed by atoms with Crippen LogP contribution in [0.25, 0.3) is 0 Å². The Balaban J connectivity index is 1.79.